The average Bonchev–Trinajstić information content (AvgIpc) is 2.83. The van der Waals surface area contributed by atoms with Crippen molar-refractivity contribution in [1.82, 2.24) is 0 Å². The molecular weight excluding hydrogens is 388 g/mol. The largest absolute Gasteiger partial charge is 0.390 e. The fourth-order valence-corrected chi connectivity index (χ4v) is 6.15. The Morgan fingerprint density at radius 2 is 1.63 bits per heavy atom. The molecule has 0 aliphatic carbocycles. The van der Waals surface area contributed by atoms with E-state index in [1.54, 1.807) is 43.3 Å². The van der Waals surface area contributed by atoms with E-state index in [1.807, 2.05) is 13.0 Å². The summed E-state index contributed by atoms with van der Waals surface area (Å²) in [6, 6.07) is 11.1. The minimum atomic E-state index is -3.72. The van der Waals surface area contributed by atoms with E-state index in [0.717, 1.165) is 5.56 Å². The van der Waals surface area contributed by atoms with Crippen LogP contribution in [-0.2, 0) is 19.9 Å². The van der Waals surface area contributed by atoms with E-state index in [4.69, 9.17) is 0 Å². The highest BCUT2D eigenvalue weighted by Crippen LogP contribution is 2.23. The lowest BCUT2D eigenvalue weighted by Crippen LogP contribution is -2.31. The summed E-state index contributed by atoms with van der Waals surface area (Å²) in [4.78, 5) is 0.226. The van der Waals surface area contributed by atoms with E-state index in [1.165, 1.54) is 0 Å². The van der Waals surface area contributed by atoms with Gasteiger partial charge < -0.3 is 10.4 Å². The van der Waals surface area contributed by atoms with E-state index < -0.39 is 32.0 Å². The van der Waals surface area contributed by atoms with Crippen LogP contribution in [0.25, 0.3) is 0 Å². The van der Waals surface area contributed by atoms with Crippen molar-refractivity contribution in [2.75, 3.05) is 21.5 Å². The van der Waals surface area contributed by atoms with Gasteiger partial charge in [0.1, 0.15) is 0 Å². The highest BCUT2D eigenvalue weighted by molar-refractivity contribution is 7.92. The molecule has 1 saturated heterocycles. The normalized spacial score (nSPS) is 21.7. The maximum atomic E-state index is 12.6. The third-order valence-electron chi connectivity index (χ3n) is 4.44. The summed E-state index contributed by atoms with van der Waals surface area (Å²) in [6.07, 6.45) is -0.961. The van der Waals surface area contributed by atoms with Crippen LogP contribution in [-0.4, -0.2) is 45.6 Å². The molecular formula is C18H22N2O5S2. The van der Waals surface area contributed by atoms with Gasteiger partial charge in [0.2, 0.25) is 0 Å². The predicted octanol–water partition coefficient (Wildman–Crippen LogP) is 1.67. The van der Waals surface area contributed by atoms with Crippen molar-refractivity contribution in [3.8, 4) is 0 Å². The van der Waals surface area contributed by atoms with Gasteiger partial charge in [-0.05, 0) is 55.3 Å². The van der Waals surface area contributed by atoms with E-state index in [9.17, 15) is 21.9 Å². The Hall–Kier alpha value is -2.10. The summed E-state index contributed by atoms with van der Waals surface area (Å²) in [5.74, 6) is -0.381. The van der Waals surface area contributed by atoms with Gasteiger partial charge in [-0.3, -0.25) is 4.72 Å². The second-order valence-electron chi connectivity index (χ2n) is 6.85. The minimum absolute atomic E-state index is 0.130. The van der Waals surface area contributed by atoms with Crippen molar-refractivity contribution in [2.45, 2.75) is 30.9 Å². The van der Waals surface area contributed by atoms with Gasteiger partial charge in [0, 0.05) is 11.4 Å². The minimum Gasteiger partial charge on any atom is -0.390 e. The van der Waals surface area contributed by atoms with E-state index >= 15 is 0 Å². The maximum Gasteiger partial charge on any atom is 0.262 e. The van der Waals surface area contributed by atoms with Crippen molar-refractivity contribution in [2.24, 2.45) is 0 Å². The lowest BCUT2D eigenvalue weighted by molar-refractivity contribution is 0.190. The number of aliphatic hydroxyl groups excluding tert-OH is 1. The molecule has 0 spiro atoms. The molecule has 2 atom stereocenters. The van der Waals surface area contributed by atoms with Crippen molar-refractivity contribution in [3.63, 3.8) is 0 Å². The molecule has 1 heterocycles. The molecule has 1 aliphatic rings. The fourth-order valence-electron chi connectivity index (χ4n) is 3.02. The van der Waals surface area contributed by atoms with Crippen LogP contribution in [0.4, 0.5) is 11.4 Å². The third kappa shape index (κ3) is 4.60. The van der Waals surface area contributed by atoms with Crippen LogP contribution in [0.5, 0.6) is 0 Å². The number of hydrogen-bond acceptors (Lipinski definition) is 6. The summed E-state index contributed by atoms with van der Waals surface area (Å²) in [5, 5.41) is 12.8. The SMILES string of the molecule is Cc1ccc(C)c(S(=O)(=O)Nc2ccc(N[C@H]3CS(=O)(=O)C[C@H]3O)cc2)c1. The number of hydrogen-bond donors (Lipinski definition) is 3. The smallest absolute Gasteiger partial charge is 0.262 e. The Morgan fingerprint density at radius 1 is 1.00 bits per heavy atom. The van der Waals surface area contributed by atoms with Crippen LogP contribution in [0.1, 0.15) is 11.1 Å². The average molecular weight is 411 g/mol. The Kier molecular flexibility index (Phi) is 5.20. The summed E-state index contributed by atoms with van der Waals surface area (Å²) in [7, 11) is -6.96. The molecule has 27 heavy (non-hydrogen) atoms. The molecule has 2 aromatic carbocycles. The van der Waals surface area contributed by atoms with Crippen molar-refractivity contribution in [1.29, 1.82) is 0 Å². The molecule has 1 fully saturated rings. The molecule has 0 bridgehead atoms. The second-order valence-corrected chi connectivity index (χ2v) is 10.7. The first-order chi connectivity index (χ1) is 12.6. The van der Waals surface area contributed by atoms with E-state index in [0.29, 0.717) is 16.9 Å². The van der Waals surface area contributed by atoms with E-state index in [2.05, 4.69) is 10.0 Å². The van der Waals surface area contributed by atoms with Crippen molar-refractivity contribution >= 4 is 31.2 Å². The molecule has 0 aromatic heterocycles. The third-order valence-corrected chi connectivity index (χ3v) is 7.68. The number of sulfone groups is 1. The molecule has 3 N–H and O–H groups in total. The van der Waals surface area contributed by atoms with Gasteiger partial charge in [-0.2, -0.15) is 0 Å². The van der Waals surface area contributed by atoms with Crippen molar-refractivity contribution in [3.05, 3.63) is 53.6 Å². The molecule has 3 rings (SSSR count). The summed E-state index contributed by atoms with van der Waals surface area (Å²) >= 11 is 0. The standard InChI is InChI=1S/C18H22N2O5S2/c1-12-3-4-13(2)18(9-12)27(24,25)20-15-7-5-14(6-8-15)19-16-10-26(22,23)11-17(16)21/h3-9,16-17,19-21H,10-11H2,1-2H3/t16-,17+/m0/s1. The lowest BCUT2D eigenvalue weighted by Gasteiger charge is -2.17. The monoisotopic (exact) mass is 410 g/mol. The fraction of sp³-hybridized carbons (Fsp3) is 0.333. The highest BCUT2D eigenvalue weighted by atomic mass is 32.2. The molecule has 0 unspecified atom stereocenters. The molecule has 1 aliphatic heterocycles. The van der Waals surface area contributed by atoms with Gasteiger partial charge >= 0.3 is 0 Å². The number of anilines is 2. The first-order valence-electron chi connectivity index (χ1n) is 8.41. The molecule has 146 valence electrons. The van der Waals surface area contributed by atoms with Crippen LogP contribution < -0.4 is 10.0 Å². The Bertz CT molecular complexity index is 1050. The van der Waals surface area contributed by atoms with Gasteiger partial charge in [0.25, 0.3) is 10.0 Å². The second kappa shape index (κ2) is 7.14. The van der Waals surface area contributed by atoms with Crippen molar-refractivity contribution < 1.29 is 21.9 Å². The number of nitrogens with one attached hydrogen (secondary N) is 2. The maximum absolute atomic E-state index is 12.6. The van der Waals surface area contributed by atoms with Gasteiger partial charge in [-0.15, -0.1) is 0 Å². The first kappa shape index (κ1) is 19.7. The zero-order valence-corrected chi connectivity index (χ0v) is 16.6. The first-order valence-corrected chi connectivity index (χ1v) is 11.7. The number of aryl methyl sites for hydroxylation is 2. The number of sulfonamides is 1. The Labute approximate surface area is 159 Å². The van der Waals surface area contributed by atoms with Gasteiger partial charge in [0.05, 0.1) is 28.5 Å². The summed E-state index contributed by atoms with van der Waals surface area (Å²) in [5.41, 5.74) is 2.50. The van der Waals surface area contributed by atoms with Crippen LogP contribution in [0.15, 0.2) is 47.4 Å². The van der Waals surface area contributed by atoms with Crippen LogP contribution in [0, 0.1) is 13.8 Å². The molecule has 0 amide bonds. The number of benzene rings is 2. The topological polar surface area (TPSA) is 113 Å². The Morgan fingerprint density at radius 3 is 2.22 bits per heavy atom. The van der Waals surface area contributed by atoms with Gasteiger partial charge in [0.15, 0.2) is 9.84 Å². The molecule has 9 heteroatoms. The zero-order valence-electron chi connectivity index (χ0n) is 15.0. The summed E-state index contributed by atoms with van der Waals surface area (Å²) in [6.45, 7) is 3.57. The zero-order chi connectivity index (χ0) is 19.8. The molecule has 0 radical (unpaired) electrons. The summed E-state index contributed by atoms with van der Waals surface area (Å²) < 4.78 is 50.9. The molecule has 7 nitrogen and oxygen atoms in total. The highest BCUT2D eigenvalue weighted by Gasteiger charge is 2.36. The molecule has 2 aromatic rings. The predicted molar refractivity (Wildman–Crippen MR) is 105 cm³/mol. The Balaban J connectivity index is 1.73. The number of aliphatic hydroxyl groups is 1. The van der Waals surface area contributed by atoms with Gasteiger partial charge in [-0.1, -0.05) is 12.1 Å². The van der Waals surface area contributed by atoms with Crippen LogP contribution in [0.2, 0.25) is 0 Å². The van der Waals surface area contributed by atoms with Crippen LogP contribution >= 0.6 is 0 Å². The molecule has 0 saturated carbocycles. The van der Waals surface area contributed by atoms with Crippen LogP contribution in [0.3, 0.4) is 0 Å². The quantitative estimate of drug-likeness (QED) is 0.691. The number of rotatable bonds is 5. The lowest BCUT2D eigenvalue weighted by atomic mass is 10.2. The van der Waals surface area contributed by atoms with Gasteiger partial charge in [-0.25, -0.2) is 16.8 Å². The van der Waals surface area contributed by atoms with E-state index in [-0.39, 0.29) is 16.4 Å².